The third kappa shape index (κ3) is 9.70. The first kappa shape index (κ1) is 25.9. The van der Waals surface area contributed by atoms with Crippen LogP contribution in [-0.4, -0.2) is 63.1 Å². The molecule has 0 spiro atoms. The maximum absolute atomic E-state index is 12.3. The average molecular weight is 400 g/mol. The zero-order valence-electron chi connectivity index (χ0n) is 18.0. The lowest BCUT2D eigenvalue weighted by molar-refractivity contribution is -0.121. The van der Waals surface area contributed by atoms with Gasteiger partial charge in [0, 0.05) is 25.9 Å². The fraction of sp³-hybridized carbons (Fsp3) is 0.737. The van der Waals surface area contributed by atoms with Gasteiger partial charge in [0.2, 0.25) is 5.91 Å². The molecule has 162 valence electrons. The summed E-state index contributed by atoms with van der Waals surface area (Å²) in [4.78, 5) is 12.3. The van der Waals surface area contributed by atoms with Crippen molar-refractivity contribution < 1.29 is 20.3 Å². The standard InChI is InChI=1S/C19H37N5O4/c1-13(25)9-8-10-17(26)22-16(11-20-18(4,5)14(2)23-27)12-21-19(6,7)15(3)24-28/h16,20-21,25,27-28H,1,8-12H2,2-7H3,(H,22,26)/b23-14+,24-15+. The summed E-state index contributed by atoms with van der Waals surface area (Å²) < 4.78 is 0. The van der Waals surface area contributed by atoms with Crippen LogP contribution in [0.5, 0.6) is 0 Å². The number of aliphatic hydroxyl groups excluding tert-OH is 1. The van der Waals surface area contributed by atoms with Gasteiger partial charge < -0.3 is 31.5 Å². The van der Waals surface area contributed by atoms with E-state index in [1.54, 1.807) is 13.8 Å². The van der Waals surface area contributed by atoms with Gasteiger partial charge in [0.1, 0.15) is 0 Å². The number of carbonyl (C=O) groups is 1. The predicted octanol–water partition coefficient (Wildman–Crippen LogP) is 2.15. The second-order valence-electron chi connectivity index (χ2n) is 8.07. The molecule has 0 radical (unpaired) electrons. The lowest BCUT2D eigenvalue weighted by atomic mass is 9.98. The highest BCUT2D eigenvalue weighted by molar-refractivity contribution is 5.90. The van der Waals surface area contributed by atoms with Crippen molar-refractivity contribution >= 4 is 17.3 Å². The quantitative estimate of drug-likeness (QED) is 0.121. The van der Waals surface area contributed by atoms with Gasteiger partial charge in [-0.1, -0.05) is 16.9 Å². The van der Waals surface area contributed by atoms with Crippen LogP contribution >= 0.6 is 0 Å². The van der Waals surface area contributed by atoms with Gasteiger partial charge in [0.25, 0.3) is 0 Å². The van der Waals surface area contributed by atoms with Crippen LogP contribution in [0.1, 0.15) is 60.8 Å². The minimum atomic E-state index is -0.551. The highest BCUT2D eigenvalue weighted by Gasteiger charge is 2.26. The maximum Gasteiger partial charge on any atom is 0.220 e. The Bertz CT molecular complexity index is 551. The molecule has 0 atom stereocenters. The molecule has 0 aliphatic carbocycles. The summed E-state index contributed by atoms with van der Waals surface area (Å²) in [6, 6.07) is -0.263. The van der Waals surface area contributed by atoms with Gasteiger partial charge in [-0.25, -0.2) is 0 Å². The number of amides is 1. The average Bonchev–Trinajstić information content (AvgIpc) is 2.61. The van der Waals surface area contributed by atoms with Crippen LogP contribution in [0.3, 0.4) is 0 Å². The molecule has 0 fully saturated rings. The fourth-order valence-electron chi connectivity index (χ4n) is 2.19. The Hall–Kier alpha value is -2.13. The van der Waals surface area contributed by atoms with E-state index in [9.17, 15) is 4.79 Å². The molecule has 28 heavy (non-hydrogen) atoms. The number of nitrogens with one attached hydrogen (secondary N) is 3. The molecule has 0 aromatic carbocycles. The second-order valence-corrected chi connectivity index (χ2v) is 8.07. The Labute approximate surface area is 168 Å². The first-order valence-corrected chi connectivity index (χ1v) is 9.40. The molecule has 6 N–H and O–H groups in total. The maximum atomic E-state index is 12.3. The van der Waals surface area contributed by atoms with E-state index < -0.39 is 11.1 Å². The van der Waals surface area contributed by atoms with Gasteiger partial charge in [-0.2, -0.15) is 0 Å². The molecule has 0 aromatic heterocycles. The van der Waals surface area contributed by atoms with Gasteiger partial charge in [0.15, 0.2) is 0 Å². The third-order valence-electron chi connectivity index (χ3n) is 4.92. The van der Waals surface area contributed by atoms with Crippen molar-refractivity contribution in [1.82, 2.24) is 16.0 Å². The highest BCUT2D eigenvalue weighted by Crippen LogP contribution is 2.08. The zero-order valence-corrected chi connectivity index (χ0v) is 18.0. The Morgan fingerprint density at radius 3 is 1.75 bits per heavy atom. The topological polar surface area (TPSA) is 139 Å². The summed E-state index contributed by atoms with van der Waals surface area (Å²) in [5, 5.41) is 43.2. The smallest absolute Gasteiger partial charge is 0.220 e. The molecule has 0 unspecified atom stereocenters. The summed E-state index contributed by atoms with van der Waals surface area (Å²) in [6.45, 7) is 15.2. The Morgan fingerprint density at radius 1 is 0.964 bits per heavy atom. The van der Waals surface area contributed by atoms with E-state index in [4.69, 9.17) is 15.5 Å². The lowest BCUT2D eigenvalue weighted by Crippen LogP contribution is -2.57. The number of nitrogens with zero attached hydrogens (tertiary/aromatic N) is 2. The van der Waals surface area contributed by atoms with E-state index in [0.717, 1.165) is 0 Å². The molecule has 0 rings (SSSR count). The van der Waals surface area contributed by atoms with Gasteiger partial charge in [-0.3, -0.25) is 4.79 Å². The first-order chi connectivity index (χ1) is 12.9. The van der Waals surface area contributed by atoms with Crippen LogP contribution in [0.25, 0.3) is 0 Å². The van der Waals surface area contributed by atoms with Gasteiger partial charge in [-0.15, -0.1) is 0 Å². The Balaban J connectivity index is 5.00. The molecule has 0 aromatic rings. The molecule has 0 saturated heterocycles. The highest BCUT2D eigenvalue weighted by atomic mass is 16.4. The van der Waals surface area contributed by atoms with Crippen LogP contribution in [-0.2, 0) is 4.79 Å². The Morgan fingerprint density at radius 2 is 1.39 bits per heavy atom. The van der Waals surface area contributed by atoms with Crippen LogP contribution in [0, 0.1) is 0 Å². The predicted molar refractivity (Wildman–Crippen MR) is 112 cm³/mol. The van der Waals surface area contributed by atoms with Crippen molar-refractivity contribution in [2.24, 2.45) is 10.3 Å². The molecule has 0 aliphatic rings. The summed E-state index contributed by atoms with van der Waals surface area (Å²) in [7, 11) is 0. The van der Waals surface area contributed by atoms with Gasteiger partial charge in [-0.05, 0) is 48.0 Å². The molecule has 0 saturated carbocycles. The molecule has 0 heterocycles. The van der Waals surface area contributed by atoms with Gasteiger partial charge >= 0.3 is 0 Å². The number of rotatable bonds is 13. The van der Waals surface area contributed by atoms with Crippen molar-refractivity contribution in [3.63, 3.8) is 0 Å². The van der Waals surface area contributed by atoms with E-state index in [1.807, 2.05) is 27.7 Å². The third-order valence-corrected chi connectivity index (χ3v) is 4.92. The summed E-state index contributed by atoms with van der Waals surface area (Å²) in [6.07, 6.45) is 1.17. The normalized spacial score (nSPS) is 13.7. The summed E-state index contributed by atoms with van der Waals surface area (Å²) in [5.41, 5.74) is -0.0551. The minimum absolute atomic E-state index is 0.0636. The number of hydrogen-bond acceptors (Lipinski definition) is 8. The number of allylic oxidation sites excluding steroid dienone is 1. The van der Waals surface area contributed by atoms with Crippen molar-refractivity contribution in [3.05, 3.63) is 12.3 Å². The number of aliphatic hydroxyl groups is 1. The van der Waals surface area contributed by atoms with Crippen LogP contribution in [0.15, 0.2) is 22.6 Å². The fourth-order valence-corrected chi connectivity index (χ4v) is 2.19. The first-order valence-electron chi connectivity index (χ1n) is 9.40. The zero-order chi connectivity index (χ0) is 22.0. The van der Waals surface area contributed by atoms with Crippen molar-refractivity contribution in [1.29, 1.82) is 0 Å². The molecule has 0 bridgehead atoms. The van der Waals surface area contributed by atoms with E-state index >= 15 is 0 Å². The van der Waals surface area contributed by atoms with E-state index in [-0.39, 0.29) is 24.1 Å². The molecule has 0 aliphatic heterocycles. The van der Waals surface area contributed by atoms with Gasteiger partial charge in [0.05, 0.1) is 34.3 Å². The molecular formula is C19H37N5O4. The largest absolute Gasteiger partial charge is 0.513 e. The Kier molecular flexibility index (Phi) is 10.8. The van der Waals surface area contributed by atoms with Crippen molar-refractivity contribution in [3.8, 4) is 0 Å². The molecule has 1 amide bonds. The van der Waals surface area contributed by atoms with E-state index in [1.165, 1.54) is 0 Å². The SMILES string of the molecule is C=C(O)CCCC(=O)NC(CNC(C)(C)/C(C)=N/O)CNC(C)(C)/C(C)=N/O. The van der Waals surface area contributed by atoms with Crippen LogP contribution in [0.4, 0.5) is 0 Å². The van der Waals surface area contributed by atoms with Crippen LogP contribution < -0.4 is 16.0 Å². The van der Waals surface area contributed by atoms with Crippen LogP contribution in [0.2, 0.25) is 0 Å². The van der Waals surface area contributed by atoms with E-state index in [0.29, 0.717) is 37.4 Å². The molecule has 9 heteroatoms. The van der Waals surface area contributed by atoms with E-state index in [2.05, 4.69) is 32.8 Å². The summed E-state index contributed by atoms with van der Waals surface area (Å²) >= 11 is 0. The lowest BCUT2D eigenvalue weighted by Gasteiger charge is -2.32. The molecule has 9 nitrogen and oxygen atoms in total. The second kappa shape index (κ2) is 11.7. The minimum Gasteiger partial charge on any atom is -0.513 e. The number of hydrogen-bond donors (Lipinski definition) is 6. The van der Waals surface area contributed by atoms with Crippen molar-refractivity contribution in [2.75, 3.05) is 13.1 Å². The number of carbonyl (C=O) groups excluding carboxylic acids is 1. The number of oxime groups is 2. The summed E-state index contributed by atoms with van der Waals surface area (Å²) in [5.74, 6) is -0.0701. The molecular weight excluding hydrogens is 362 g/mol. The van der Waals surface area contributed by atoms with Crippen molar-refractivity contribution in [2.45, 2.75) is 77.9 Å². The monoisotopic (exact) mass is 399 g/mol.